The predicted molar refractivity (Wildman–Crippen MR) is 107 cm³/mol. The second-order valence-corrected chi connectivity index (χ2v) is 8.15. The molecule has 0 N–H and O–H groups in total. The minimum atomic E-state index is -0.738. The van der Waals surface area contributed by atoms with Crippen molar-refractivity contribution in [1.29, 1.82) is 10.5 Å². The van der Waals surface area contributed by atoms with Crippen LogP contribution in [0.4, 0.5) is 0 Å². The Labute approximate surface area is 164 Å². The maximum Gasteiger partial charge on any atom is 0.189 e. The SMILES string of the molecule is N#CC(C#N)C(=NCCN1CCCCC1)N1CCC(N2CCCCC2)CC1. The van der Waals surface area contributed by atoms with Crippen molar-refractivity contribution in [3.8, 4) is 12.1 Å². The van der Waals surface area contributed by atoms with Crippen LogP contribution in [-0.2, 0) is 0 Å². The summed E-state index contributed by atoms with van der Waals surface area (Å²) in [5.74, 6) is -0.0213. The van der Waals surface area contributed by atoms with Gasteiger partial charge in [-0.05, 0) is 64.7 Å². The average molecular weight is 371 g/mol. The third-order valence-corrected chi connectivity index (χ3v) is 6.35. The van der Waals surface area contributed by atoms with Crippen molar-refractivity contribution in [1.82, 2.24) is 14.7 Å². The van der Waals surface area contributed by atoms with Crippen LogP contribution in [0.1, 0.15) is 51.4 Å². The number of hydrogen-bond donors (Lipinski definition) is 0. The van der Waals surface area contributed by atoms with Gasteiger partial charge < -0.3 is 14.7 Å². The molecular formula is C21H34N6. The number of piperidine rings is 3. The van der Waals surface area contributed by atoms with E-state index in [1.54, 1.807) is 0 Å². The zero-order chi connectivity index (χ0) is 18.9. The van der Waals surface area contributed by atoms with Gasteiger partial charge in [0, 0.05) is 25.7 Å². The van der Waals surface area contributed by atoms with Crippen LogP contribution in [0.2, 0.25) is 0 Å². The number of amidine groups is 1. The summed E-state index contributed by atoms with van der Waals surface area (Å²) in [5, 5.41) is 18.9. The van der Waals surface area contributed by atoms with Crippen LogP contribution in [0.5, 0.6) is 0 Å². The van der Waals surface area contributed by atoms with Gasteiger partial charge in [0.2, 0.25) is 0 Å². The standard InChI is InChI=1S/C21H34N6/c22-17-19(18-23)21(24-9-16-25-10-3-1-4-11-25)27-14-7-20(8-15-27)26-12-5-2-6-13-26/h19-20H,1-16H2. The van der Waals surface area contributed by atoms with Gasteiger partial charge in [0.05, 0.1) is 18.7 Å². The first kappa shape index (κ1) is 20.1. The largest absolute Gasteiger partial charge is 0.358 e. The molecule has 0 atom stereocenters. The molecule has 3 heterocycles. The molecule has 3 aliphatic rings. The highest BCUT2D eigenvalue weighted by molar-refractivity contribution is 5.89. The van der Waals surface area contributed by atoms with E-state index >= 15 is 0 Å². The van der Waals surface area contributed by atoms with Crippen molar-refractivity contribution in [3.05, 3.63) is 0 Å². The highest BCUT2D eigenvalue weighted by Crippen LogP contribution is 2.22. The molecule has 3 saturated heterocycles. The van der Waals surface area contributed by atoms with Gasteiger partial charge >= 0.3 is 0 Å². The molecule has 0 aliphatic carbocycles. The monoisotopic (exact) mass is 370 g/mol. The fourth-order valence-corrected chi connectivity index (χ4v) is 4.75. The Kier molecular flexibility index (Phi) is 7.93. The smallest absolute Gasteiger partial charge is 0.189 e. The van der Waals surface area contributed by atoms with E-state index in [-0.39, 0.29) is 0 Å². The molecule has 0 aromatic carbocycles. The lowest BCUT2D eigenvalue weighted by Gasteiger charge is -2.41. The second-order valence-electron chi connectivity index (χ2n) is 8.15. The Balaban J connectivity index is 1.55. The van der Waals surface area contributed by atoms with Crippen LogP contribution in [0.15, 0.2) is 4.99 Å². The van der Waals surface area contributed by atoms with Crippen LogP contribution < -0.4 is 0 Å². The topological polar surface area (TPSA) is 69.7 Å². The van der Waals surface area contributed by atoms with Gasteiger partial charge in [-0.3, -0.25) is 4.99 Å². The lowest BCUT2D eigenvalue weighted by molar-refractivity contribution is 0.114. The molecule has 0 aromatic heterocycles. The van der Waals surface area contributed by atoms with Gasteiger partial charge in [0.25, 0.3) is 0 Å². The third-order valence-electron chi connectivity index (χ3n) is 6.35. The van der Waals surface area contributed by atoms with E-state index in [2.05, 4.69) is 26.8 Å². The van der Waals surface area contributed by atoms with Crippen molar-refractivity contribution < 1.29 is 0 Å². The van der Waals surface area contributed by atoms with E-state index in [9.17, 15) is 10.5 Å². The van der Waals surface area contributed by atoms with Crippen LogP contribution >= 0.6 is 0 Å². The van der Waals surface area contributed by atoms with Gasteiger partial charge in [0.1, 0.15) is 5.84 Å². The summed E-state index contributed by atoms with van der Waals surface area (Å²) in [6, 6.07) is 4.97. The molecule has 3 fully saturated rings. The van der Waals surface area contributed by atoms with Gasteiger partial charge in [-0.1, -0.05) is 12.8 Å². The third kappa shape index (κ3) is 5.67. The Morgan fingerprint density at radius 3 is 2.04 bits per heavy atom. The number of aliphatic imine (C=N–C) groups is 1. The Morgan fingerprint density at radius 2 is 1.44 bits per heavy atom. The van der Waals surface area contributed by atoms with Crippen molar-refractivity contribution in [3.63, 3.8) is 0 Å². The summed E-state index contributed by atoms with van der Waals surface area (Å²) < 4.78 is 0. The normalized spacial score (nSPS) is 24.0. The summed E-state index contributed by atoms with van der Waals surface area (Å²) in [4.78, 5) is 12.1. The van der Waals surface area contributed by atoms with E-state index in [0.717, 1.165) is 45.6 Å². The molecular weight excluding hydrogens is 336 g/mol. The second kappa shape index (κ2) is 10.6. The number of hydrogen-bond acceptors (Lipinski definition) is 5. The first-order valence-electron chi connectivity index (χ1n) is 10.9. The molecule has 3 rings (SSSR count). The van der Waals surface area contributed by atoms with Crippen molar-refractivity contribution in [2.75, 3.05) is 52.4 Å². The zero-order valence-electron chi connectivity index (χ0n) is 16.7. The number of nitrogens with zero attached hydrogens (tertiary/aromatic N) is 6. The van der Waals surface area contributed by atoms with E-state index in [1.165, 1.54) is 51.6 Å². The maximum absolute atomic E-state index is 9.43. The number of nitriles is 2. The van der Waals surface area contributed by atoms with Gasteiger partial charge in [-0.15, -0.1) is 0 Å². The predicted octanol–water partition coefficient (Wildman–Crippen LogP) is 2.48. The first-order valence-corrected chi connectivity index (χ1v) is 10.9. The summed E-state index contributed by atoms with van der Waals surface area (Å²) in [5.41, 5.74) is 0. The Hall–Kier alpha value is -1.63. The molecule has 0 bridgehead atoms. The molecule has 0 radical (unpaired) electrons. The molecule has 148 valence electrons. The Morgan fingerprint density at radius 1 is 0.852 bits per heavy atom. The molecule has 0 saturated carbocycles. The van der Waals surface area contributed by atoms with E-state index < -0.39 is 5.92 Å². The average Bonchev–Trinajstić information content (AvgIpc) is 2.75. The van der Waals surface area contributed by atoms with Gasteiger partial charge in [-0.2, -0.15) is 10.5 Å². The molecule has 3 aliphatic heterocycles. The van der Waals surface area contributed by atoms with E-state index in [1.807, 2.05) is 0 Å². The van der Waals surface area contributed by atoms with Gasteiger partial charge in [-0.25, -0.2) is 0 Å². The fraction of sp³-hybridized carbons (Fsp3) is 0.857. The van der Waals surface area contributed by atoms with Crippen LogP contribution in [0.3, 0.4) is 0 Å². The summed E-state index contributed by atoms with van der Waals surface area (Å²) >= 11 is 0. The molecule has 27 heavy (non-hydrogen) atoms. The quantitative estimate of drug-likeness (QED) is 0.549. The van der Waals surface area contributed by atoms with E-state index in [0.29, 0.717) is 18.4 Å². The van der Waals surface area contributed by atoms with Crippen LogP contribution in [0, 0.1) is 28.6 Å². The minimum Gasteiger partial charge on any atom is -0.358 e. The summed E-state index contributed by atoms with van der Waals surface area (Å²) in [6.45, 7) is 8.27. The highest BCUT2D eigenvalue weighted by Gasteiger charge is 2.29. The van der Waals surface area contributed by atoms with E-state index in [4.69, 9.17) is 4.99 Å². The number of rotatable bonds is 5. The van der Waals surface area contributed by atoms with Crippen LogP contribution in [0.25, 0.3) is 0 Å². The molecule has 0 spiro atoms. The maximum atomic E-state index is 9.43. The van der Waals surface area contributed by atoms with Crippen LogP contribution in [-0.4, -0.2) is 78.9 Å². The van der Waals surface area contributed by atoms with Crippen molar-refractivity contribution >= 4 is 5.84 Å². The first-order chi connectivity index (χ1) is 13.3. The molecule has 6 heteroatoms. The minimum absolute atomic E-state index is 0.666. The molecule has 0 aromatic rings. The zero-order valence-corrected chi connectivity index (χ0v) is 16.7. The van der Waals surface area contributed by atoms with Gasteiger partial charge in [0.15, 0.2) is 5.92 Å². The molecule has 0 amide bonds. The summed E-state index contributed by atoms with van der Waals surface area (Å²) in [6.07, 6.45) is 10.2. The molecule has 0 unspecified atom stereocenters. The van der Waals surface area contributed by atoms with Crippen molar-refractivity contribution in [2.24, 2.45) is 10.9 Å². The molecule has 6 nitrogen and oxygen atoms in total. The lowest BCUT2D eigenvalue weighted by atomic mass is 9.98. The highest BCUT2D eigenvalue weighted by atomic mass is 15.2. The Bertz CT molecular complexity index is 540. The summed E-state index contributed by atoms with van der Waals surface area (Å²) in [7, 11) is 0. The number of likely N-dealkylation sites (tertiary alicyclic amines) is 3. The lowest BCUT2D eigenvalue weighted by Crippen LogP contribution is -2.49. The van der Waals surface area contributed by atoms with Crippen molar-refractivity contribution in [2.45, 2.75) is 57.4 Å². The fourth-order valence-electron chi connectivity index (χ4n) is 4.75.